The molecule has 2 N–H and O–H groups in total. The standard InChI is InChI=1S/C14H21NO2/c1-5-10(2)11-8-6-7-9-12(11)17-13(16)14(3,4)15/h6-10H,5,15H2,1-4H3. The number of benzene rings is 1. The van der Waals surface area contributed by atoms with Crippen LogP contribution in [0, 0.1) is 0 Å². The second-order valence-corrected chi connectivity index (χ2v) is 4.96. The van der Waals surface area contributed by atoms with Crippen LogP contribution in [-0.2, 0) is 4.79 Å². The molecule has 0 aromatic heterocycles. The van der Waals surface area contributed by atoms with Crippen molar-refractivity contribution in [1.82, 2.24) is 0 Å². The van der Waals surface area contributed by atoms with E-state index in [4.69, 9.17) is 10.5 Å². The Bertz CT molecular complexity index is 393. The van der Waals surface area contributed by atoms with Crippen LogP contribution >= 0.6 is 0 Å². The fourth-order valence-electron chi connectivity index (χ4n) is 1.43. The molecule has 0 spiro atoms. The molecular formula is C14H21NO2. The first-order valence-electron chi connectivity index (χ1n) is 5.96. The highest BCUT2D eigenvalue weighted by Gasteiger charge is 2.25. The number of rotatable bonds is 4. The second kappa shape index (κ2) is 5.32. The number of hydrogen-bond donors (Lipinski definition) is 1. The molecule has 0 heterocycles. The van der Waals surface area contributed by atoms with Crippen LogP contribution in [0.15, 0.2) is 24.3 Å². The van der Waals surface area contributed by atoms with Gasteiger partial charge in [-0.25, -0.2) is 4.79 Å². The Morgan fingerprint density at radius 3 is 2.53 bits per heavy atom. The maximum absolute atomic E-state index is 11.7. The highest BCUT2D eigenvalue weighted by molar-refractivity contribution is 5.81. The van der Waals surface area contributed by atoms with Crippen LogP contribution in [0.5, 0.6) is 5.75 Å². The Hall–Kier alpha value is -1.35. The van der Waals surface area contributed by atoms with Crippen molar-refractivity contribution in [3.63, 3.8) is 0 Å². The molecule has 94 valence electrons. The van der Waals surface area contributed by atoms with Crippen molar-refractivity contribution in [3.05, 3.63) is 29.8 Å². The van der Waals surface area contributed by atoms with Gasteiger partial charge in [-0.3, -0.25) is 0 Å². The minimum Gasteiger partial charge on any atom is -0.425 e. The summed E-state index contributed by atoms with van der Waals surface area (Å²) in [4.78, 5) is 11.7. The van der Waals surface area contributed by atoms with Crippen LogP contribution in [0.25, 0.3) is 0 Å². The first-order chi connectivity index (χ1) is 7.86. The lowest BCUT2D eigenvalue weighted by Gasteiger charge is -2.19. The molecule has 0 bridgehead atoms. The number of para-hydroxylation sites is 1. The molecule has 0 amide bonds. The summed E-state index contributed by atoms with van der Waals surface area (Å²) < 4.78 is 5.37. The van der Waals surface area contributed by atoms with Crippen LogP contribution in [0.2, 0.25) is 0 Å². The minimum atomic E-state index is -0.970. The molecule has 1 atom stereocenters. The van der Waals surface area contributed by atoms with Crippen molar-refractivity contribution in [2.24, 2.45) is 5.73 Å². The third kappa shape index (κ3) is 3.56. The predicted octanol–water partition coefficient (Wildman–Crippen LogP) is 2.84. The molecule has 1 rings (SSSR count). The maximum atomic E-state index is 11.7. The molecule has 0 saturated carbocycles. The number of nitrogens with two attached hydrogens (primary N) is 1. The van der Waals surface area contributed by atoms with E-state index in [0.717, 1.165) is 12.0 Å². The van der Waals surface area contributed by atoms with Gasteiger partial charge < -0.3 is 10.5 Å². The van der Waals surface area contributed by atoms with Crippen molar-refractivity contribution >= 4 is 5.97 Å². The van der Waals surface area contributed by atoms with E-state index in [0.29, 0.717) is 11.7 Å². The fourth-order valence-corrected chi connectivity index (χ4v) is 1.43. The van der Waals surface area contributed by atoms with Crippen molar-refractivity contribution < 1.29 is 9.53 Å². The van der Waals surface area contributed by atoms with Gasteiger partial charge in [0.25, 0.3) is 0 Å². The monoisotopic (exact) mass is 235 g/mol. The lowest BCUT2D eigenvalue weighted by atomic mass is 9.97. The van der Waals surface area contributed by atoms with E-state index in [1.54, 1.807) is 13.8 Å². The van der Waals surface area contributed by atoms with Gasteiger partial charge in [-0.2, -0.15) is 0 Å². The van der Waals surface area contributed by atoms with Crippen LogP contribution in [-0.4, -0.2) is 11.5 Å². The number of carbonyl (C=O) groups excluding carboxylic acids is 1. The van der Waals surface area contributed by atoms with Gasteiger partial charge in [0.05, 0.1) is 0 Å². The second-order valence-electron chi connectivity index (χ2n) is 4.96. The molecular weight excluding hydrogens is 214 g/mol. The molecule has 0 saturated heterocycles. The largest absolute Gasteiger partial charge is 0.425 e. The van der Waals surface area contributed by atoms with E-state index in [9.17, 15) is 4.79 Å². The summed E-state index contributed by atoms with van der Waals surface area (Å²) in [5.74, 6) is 0.568. The highest BCUT2D eigenvalue weighted by atomic mass is 16.5. The van der Waals surface area contributed by atoms with Crippen LogP contribution in [0.3, 0.4) is 0 Å². The molecule has 1 unspecified atom stereocenters. The smallest absolute Gasteiger partial charge is 0.330 e. The molecule has 1 aromatic rings. The lowest BCUT2D eigenvalue weighted by molar-refractivity contribution is -0.139. The van der Waals surface area contributed by atoms with E-state index in [-0.39, 0.29) is 0 Å². The Morgan fingerprint density at radius 1 is 1.41 bits per heavy atom. The van der Waals surface area contributed by atoms with E-state index in [1.165, 1.54) is 0 Å². The normalized spacial score (nSPS) is 13.2. The first kappa shape index (κ1) is 13.7. The topological polar surface area (TPSA) is 52.3 Å². The summed E-state index contributed by atoms with van der Waals surface area (Å²) in [5.41, 5.74) is 5.79. The Kier molecular flexibility index (Phi) is 4.29. The molecule has 1 aromatic carbocycles. The molecule has 3 nitrogen and oxygen atoms in total. The first-order valence-corrected chi connectivity index (χ1v) is 5.96. The predicted molar refractivity (Wildman–Crippen MR) is 69.0 cm³/mol. The summed E-state index contributed by atoms with van der Waals surface area (Å²) >= 11 is 0. The van der Waals surface area contributed by atoms with E-state index in [2.05, 4.69) is 13.8 Å². The summed E-state index contributed by atoms with van der Waals surface area (Å²) in [6.07, 6.45) is 1.00. The molecule has 0 radical (unpaired) electrons. The summed E-state index contributed by atoms with van der Waals surface area (Å²) in [6, 6.07) is 7.61. The Morgan fingerprint density at radius 2 is 2.00 bits per heavy atom. The van der Waals surface area contributed by atoms with Crippen LogP contribution < -0.4 is 10.5 Å². The molecule has 0 aliphatic carbocycles. The van der Waals surface area contributed by atoms with Crippen molar-refractivity contribution in [1.29, 1.82) is 0 Å². The fraction of sp³-hybridized carbons (Fsp3) is 0.500. The SMILES string of the molecule is CCC(C)c1ccccc1OC(=O)C(C)(C)N. The Labute approximate surface area is 103 Å². The van der Waals surface area contributed by atoms with Gasteiger partial charge in [0.1, 0.15) is 11.3 Å². The summed E-state index contributed by atoms with van der Waals surface area (Å²) in [7, 11) is 0. The lowest BCUT2D eigenvalue weighted by Crippen LogP contribution is -2.44. The summed E-state index contributed by atoms with van der Waals surface area (Å²) in [5, 5.41) is 0. The van der Waals surface area contributed by atoms with Gasteiger partial charge >= 0.3 is 5.97 Å². The van der Waals surface area contributed by atoms with Gasteiger partial charge in [-0.1, -0.05) is 32.0 Å². The number of carbonyl (C=O) groups is 1. The molecule has 0 aliphatic rings. The third-order valence-corrected chi connectivity index (χ3v) is 2.79. The zero-order valence-corrected chi connectivity index (χ0v) is 11.0. The number of hydrogen-bond acceptors (Lipinski definition) is 3. The minimum absolute atomic E-state index is 0.361. The molecule has 0 fully saturated rings. The van der Waals surface area contributed by atoms with Gasteiger partial charge in [-0.05, 0) is 37.8 Å². The zero-order chi connectivity index (χ0) is 13.1. The van der Waals surface area contributed by atoms with Crippen LogP contribution in [0.4, 0.5) is 0 Å². The molecule has 17 heavy (non-hydrogen) atoms. The van der Waals surface area contributed by atoms with Gasteiger partial charge in [0.2, 0.25) is 0 Å². The van der Waals surface area contributed by atoms with Crippen LogP contribution in [0.1, 0.15) is 45.6 Å². The number of ether oxygens (including phenoxy) is 1. The molecule has 0 aliphatic heterocycles. The summed E-state index contributed by atoms with van der Waals surface area (Å²) in [6.45, 7) is 7.50. The molecule has 3 heteroatoms. The average Bonchev–Trinajstić information content (AvgIpc) is 2.27. The Balaban J connectivity index is 2.95. The maximum Gasteiger partial charge on any atom is 0.330 e. The van der Waals surface area contributed by atoms with E-state index in [1.807, 2.05) is 24.3 Å². The van der Waals surface area contributed by atoms with E-state index >= 15 is 0 Å². The number of esters is 1. The van der Waals surface area contributed by atoms with Gasteiger partial charge in [0, 0.05) is 0 Å². The van der Waals surface area contributed by atoms with Crippen molar-refractivity contribution in [2.75, 3.05) is 0 Å². The zero-order valence-electron chi connectivity index (χ0n) is 11.0. The van der Waals surface area contributed by atoms with Crippen molar-refractivity contribution in [2.45, 2.75) is 45.6 Å². The quantitative estimate of drug-likeness (QED) is 0.645. The van der Waals surface area contributed by atoms with E-state index < -0.39 is 11.5 Å². The average molecular weight is 235 g/mol. The third-order valence-electron chi connectivity index (χ3n) is 2.79. The van der Waals surface area contributed by atoms with Crippen molar-refractivity contribution in [3.8, 4) is 5.75 Å². The van der Waals surface area contributed by atoms with Gasteiger partial charge in [0.15, 0.2) is 0 Å². The van der Waals surface area contributed by atoms with Gasteiger partial charge in [-0.15, -0.1) is 0 Å². The highest BCUT2D eigenvalue weighted by Crippen LogP contribution is 2.28.